The highest BCUT2D eigenvalue weighted by Crippen LogP contribution is 2.17. The Labute approximate surface area is 87.3 Å². The van der Waals surface area contributed by atoms with Gasteiger partial charge in [-0.25, -0.2) is 9.07 Å². The molecule has 0 saturated carbocycles. The normalized spacial score (nSPS) is 10.6. The van der Waals surface area contributed by atoms with Gasteiger partial charge in [0.05, 0.1) is 0 Å². The Bertz CT molecular complexity index is 483. The Morgan fingerprint density at radius 1 is 1.33 bits per heavy atom. The van der Waals surface area contributed by atoms with Gasteiger partial charge >= 0.3 is 0 Å². The maximum Gasteiger partial charge on any atom is 0.148 e. The number of nitrogens with zero attached hydrogens (tertiary/aromatic N) is 2. The molecule has 0 aliphatic carbocycles. The summed E-state index contributed by atoms with van der Waals surface area (Å²) in [5.74, 6) is 0.124. The van der Waals surface area contributed by atoms with Gasteiger partial charge in [0.25, 0.3) is 0 Å². The quantitative estimate of drug-likeness (QED) is 0.775. The highest BCUT2D eigenvalue weighted by Gasteiger charge is 2.07. The van der Waals surface area contributed by atoms with Crippen molar-refractivity contribution in [3.8, 4) is 5.69 Å². The zero-order valence-electron chi connectivity index (χ0n) is 8.66. The topological polar surface area (TPSA) is 43.8 Å². The number of aryl methyl sites for hydroxylation is 2. The van der Waals surface area contributed by atoms with Crippen LogP contribution in [0.15, 0.2) is 24.4 Å². The molecule has 0 spiro atoms. The Balaban J connectivity index is 2.58. The molecule has 1 aromatic heterocycles. The third-order valence-electron chi connectivity index (χ3n) is 2.28. The van der Waals surface area contributed by atoms with E-state index in [9.17, 15) is 4.39 Å². The number of hydrogen-bond acceptors (Lipinski definition) is 2. The van der Waals surface area contributed by atoms with E-state index >= 15 is 0 Å². The summed E-state index contributed by atoms with van der Waals surface area (Å²) in [6.45, 7) is 3.75. The zero-order chi connectivity index (χ0) is 11.0. The van der Waals surface area contributed by atoms with Gasteiger partial charge in [-0.3, -0.25) is 0 Å². The van der Waals surface area contributed by atoms with Crippen LogP contribution in [-0.4, -0.2) is 9.78 Å². The largest absolute Gasteiger partial charge is 0.382 e. The molecule has 0 bridgehead atoms. The number of nitrogens with two attached hydrogens (primary N) is 1. The van der Waals surface area contributed by atoms with Gasteiger partial charge in [0.15, 0.2) is 0 Å². The lowest BCUT2D eigenvalue weighted by atomic mass is 10.2. The van der Waals surface area contributed by atoms with Crippen molar-refractivity contribution in [2.75, 3.05) is 5.73 Å². The lowest BCUT2D eigenvalue weighted by Gasteiger charge is -2.03. The number of hydrogen-bond donors (Lipinski definition) is 1. The Kier molecular flexibility index (Phi) is 2.19. The van der Waals surface area contributed by atoms with Crippen LogP contribution < -0.4 is 5.73 Å². The van der Waals surface area contributed by atoms with Gasteiger partial charge in [0.2, 0.25) is 0 Å². The monoisotopic (exact) mass is 205 g/mol. The molecule has 78 valence electrons. The number of rotatable bonds is 1. The van der Waals surface area contributed by atoms with Crippen LogP contribution in [0.2, 0.25) is 0 Å². The van der Waals surface area contributed by atoms with Crippen molar-refractivity contribution < 1.29 is 4.39 Å². The van der Waals surface area contributed by atoms with Crippen molar-refractivity contribution in [3.63, 3.8) is 0 Å². The number of nitrogen functional groups attached to an aromatic ring is 1. The smallest absolute Gasteiger partial charge is 0.148 e. The number of halogens is 1. The van der Waals surface area contributed by atoms with Crippen LogP contribution in [0, 0.1) is 19.7 Å². The van der Waals surface area contributed by atoms with E-state index in [0.29, 0.717) is 11.5 Å². The summed E-state index contributed by atoms with van der Waals surface area (Å²) in [6, 6.07) is 4.89. The molecular weight excluding hydrogens is 193 g/mol. The number of aromatic nitrogens is 2. The number of anilines is 1. The minimum atomic E-state index is -0.303. The van der Waals surface area contributed by atoms with E-state index < -0.39 is 0 Å². The Morgan fingerprint density at radius 2 is 2.07 bits per heavy atom. The van der Waals surface area contributed by atoms with E-state index in [0.717, 1.165) is 11.1 Å². The molecule has 0 aliphatic heterocycles. The molecule has 4 heteroatoms. The van der Waals surface area contributed by atoms with Gasteiger partial charge in [-0.15, -0.1) is 0 Å². The van der Waals surface area contributed by atoms with E-state index in [4.69, 9.17) is 5.73 Å². The summed E-state index contributed by atoms with van der Waals surface area (Å²) in [5.41, 5.74) is 7.87. The molecule has 15 heavy (non-hydrogen) atoms. The van der Waals surface area contributed by atoms with Gasteiger partial charge in [-0.1, -0.05) is 6.07 Å². The van der Waals surface area contributed by atoms with Crippen LogP contribution in [0.25, 0.3) is 5.69 Å². The van der Waals surface area contributed by atoms with E-state index in [1.165, 1.54) is 10.7 Å². The first kappa shape index (κ1) is 9.71. The first-order valence-corrected chi connectivity index (χ1v) is 4.66. The van der Waals surface area contributed by atoms with Crippen LogP contribution in [-0.2, 0) is 0 Å². The molecule has 3 nitrogen and oxygen atoms in total. The summed E-state index contributed by atoms with van der Waals surface area (Å²) >= 11 is 0. The van der Waals surface area contributed by atoms with Crippen molar-refractivity contribution >= 4 is 5.82 Å². The van der Waals surface area contributed by atoms with Crippen LogP contribution in [0.5, 0.6) is 0 Å². The molecule has 0 fully saturated rings. The highest BCUT2D eigenvalue weighted by atomic mass is 19.1. The molecule has 0 unspecified atom stereocenters. The maximum atomic E-state index is 13.5. The molecule has 2 rings (SSSR count). The third kappa shape index (κ3) is 1.70. The van der Waals surface area contributed by atoms with Crippen molar-refractivity contribution in [2.45, 2.75) is 13.8 Å². The fourth-order valence-electron chi connectivity index (χ4n) is 1.40. The SMILES string of the molecule is Cc1ccc(F)c(-n2cc(C)c(N)n2)c1. The minimum absolute atomic E-state index is 0.303. The van der Waals surface area contributed by atoms with Gasteiger partial charge in [0.1, 0.15) is 17.3 Å². The molecule has 1 aromatic carbocycles. The molecule has 2 aromatic rings. The average molecular weight is 205 g/mol. The van der Waals surface area contributed by atoms with E-state index in [2.05, 4.69) is 5.10 Å². The van der Waals surface area contributed by atoms with Crippen molar-refractivity contribution in [2.24, 2.45) is 0 Å². The second kappa shape index (κ2) is 3.38. The van der Waals surface area contributed by atoms with Crippen LogP contribution in [0.1, 0.15) is 11.1 Å². The molecule has 0 aliphatic rings. The Morgan fingerprint density at radius 3 is 2.67 bits per heavy atom. The fraction of sp³-hybridized carbons (Fsp3) is 0.182. The lowest BCUT2D eigenvalue weighted by Crippen LogP contribution is -1.99. The molecule has 1 heterocycles. The highest BCUT2D eigenvalue weighted by molar-refractivity contribution is 5.42. The van der Waals surface area contributed by atoms with E-state index in [1.807, 2.05) is 13.8 Å². The van der Waals surface area contributed by atoms with E-state index in [1.54, 1.807) is 18.3 Å². The second-order valence-electron chi connectivity index (χ2n) is 3.60. The summed E-state index contributed by atoms with van der Waals surface area (Å²) in [5, 5.41) is 4.04. The predicted octanol–water partition coefficient (Wildman–Crippen LogP) is 2.21. The van der Waals surface area contributed by atoms with Gasteiger partial charge < -0.3 is 5.73 Å². The first-order chi connectivity index (χ1) is 7.08. The standard InChI is InChI=1S/C11H12FN3/c1-7-3-4-9(12)10(5-7)15-6-8(2)11(13)14-15/h3-6H,1-2H3,(H2,13,14). The first-order valence-electron chi connectivity index (χ1n) is 4.66. The molecule has 0 saturated heterocycles. The van der Waals surface area contributed by atoms with Crippen molar-refractivity contribution in [1.82, 2.24) is 9.78 Å². The molecule has 0 radical (unpaired) electrons. The summed E-state index contributed by atoms with van der Waals surface area (Å²) in [4.78, 5) is 0. The summed E-state index contributed by atoms with van der Waals surface area (Å²) in [6.07, 6.45) is 1.72. The van der Waals surface area contributed by atoms with Crippen LogP contribution >= 0.6 is 0 Å². The minimum Gasteiger partial charge on any atom is -0.382 e. The van der Waals surface area contributed by atoms with Crippen molar-refractivity contribution in [1.29, 1.82) is 0 Å². The predicted molar refractivity (Wildman–Crippen MR) is 57.4 cm³/mol. The van der Waals surface area contributed by atoms with Gasteiger partial charge in [-0.05, 0) is 31.5 Å². The zero-order valence-corrected chi connectivity index (χ0v) is 8.66. The second-order valence-corrected chi connectivity index (χ2v) is 3.60. The number of benzene rings is 1. The average Bonchev–Trinajstić information content (AvgIpc) is 2.51. The lowest BCUT2D eigenvalue weighted by molar-refractivity contribution is 0.610. The maximum absolute atomic E-state index is 13.5. The fourth-order valence-corrected chi connectivity index (χ4v) is 1.40. The molecular formula is C11H12FN3. The summed E-state index contributed by atoms with van der Waals surface area (Å²) < 4.78 is 15.0. The van der Waals surface area contributed by atoms with Gasteiger partial charge in [-0.2, -0.15) is 5.10 Å². The Hall–Kier alpha value is -1.84. The molecule has 0 amide bonds. The van der Waals surface area contributed by atoms with Crippen LogP contribution in [0.4, 0.5) is 10.2 Å². The van der Waals surface area contributed by atoms with E-state index in [-0.39, 0.29) is 5.82 Å². The molecule has 2 N–H and O–H groups in total. The summed E-state index contributed by atoms with van der Waals surface area (Å²) in [7, 11) is 0. The van der Waals surface area contributed by atoms with Gasteiger partial charge in [0, 0.05) is 11.8 Å². The van der Waals surface area contributed by atoms with Crippen LogP contribution in [0.3, 0.4) is 0 Å². The molecule has 0 atom stereocenters. The third-order valence-corrected chi connectivity index (χ3v) is 2.28. The van der Waals surface area contributed by atoms with Crippen molar-refractivity contribution in [3.05, 3.63) is 41.3 Å².